The Hall–Kier alpha value is -1.17. The lowest BCUT2D eigenvalue weighted by Gasteiger charge is -2.30. The van der Waals surface area contributed by atoms with Crippen molar-refractivity contribution in [2.75, 3.05) is 6.54 Å². The Morgan fingerprint density at radius 1 is 1.29 bits per heavy atom. The van der Waals surface area contributed by atoms with Crippen molar-refractivity contribution in [1.82, 2.24) is 9.88 Å². The summed E-state index contributed by atoms with van der Waals surface area (Å²) in [6.45, 7) is 1.91. The van der Waals surface area contributed by atoms with Crippen LogP contribution in [0.2, 0.25) is 0 Å². The van der Waals surface area contributed by atoms with Crippen LogP contribution in [0, 0.1) is 0 Å². The Morgan fingerprint density at radius 2 is 2.21 bits per heavy atom. The minimum atomic E-state index is -0.354. The monoisotopic (exact) mass is 346 g/mol. The molecule has 1 aliphatic heterocycles. The van der Waals surface area contributed by atoms with Crippen LogP contribution in [0.3, 0.4) is 0 Å². The molecule has 2 unspecified atom stereocenters. The summed E-state index contributed by atoms with van der Waals surface area (Å²) in [5.74, 6) is 2.48. The summed E-state index contributed by atoms with van der Waals surface area (Å²) in [6.07, 6.45) is 9.73. The van der Waals surface area contributed by atoms with Crippen molar-refractivity contribution < 1.29 is 9.52 Å². The van der Waals surface area contributed by atoms with Gasteiger partial charge in [-0.1, -0.05) is 18.9 Å². The molecule has 5 heteroatoms. The van der Waals surface area contributed by atoms with E-state index in [2.05, 4.69) is 9.88 Å². The first kappa shape index (κ1) is 16.3. The van der Waals surface area contributed by atoms with Gasteiger partial charge in [-0.25, -0.2) is 4.98 Å². The molecule has 3 heterocycles. The molecule has 130 valence electrons. The van der Waals surface area contributed by atoms with Crippen LogP contribution in [0.1, 0.15) is 73.5 Å². The van der Waals surface area contributed by atoms with Gasteiger partial charge in [0.25, 0.3) is 0 Å². The largest absolute Gasteiger partial charge is 0.444 e. The van der Waals surface area contributed by atoms with E-state index in [4.69, 9.17) is 4.42 Å². The molecule has 1 saturated carbocycles. The molecule has 2 aromatic heterocycles. The van der Waals surface area contributed by atoms with Crippen molar-refractivity contribution in [1.29, 1.82) is 0 Å². The van der Waals surface area contributed by atoms with Crippen LogP contribution in [0.25, 0.3) is 0 Å². The third-order valence-corrected chi connectivity index (χ3v) is 6.20. The fourth-order valence-electron chi connectivity index (χ4n) is 3.68. The van der Waals surface area contributed by atoms with Gasteiger partial charge < -0.3 is 9.52 Å². The van der Waals surface area contributed by atoms with Gasteiger partial charge in [0.05, 0.1) is 18.8 Å². The zero-order chi connectivity index (χ0) is 16.4. The van der Waals surface area contributed by atoms with Crippen molar-refractivity contribution >= 4 is 11.3 Å². The first-order valence-electron chi connectivity index (χ1n) is 9.19. The predicted molar refractivity (Wildman–Crippen MR) is 95.0 cm³/mol. The topological polar surface area (TPSA) is 49.5 Å². The number of oxazole rings is 1. The maximum atomic E-state index is 10.6. The number of thiophene rings is 1. The molecule has 4 nitrogen and oxygen atoms in total. The normalized spacial score (nSPS) is 24.0. The lowest BCUT2D eigenvalue weighted by molar-refractivity contribution is 0.0951. The van der Waals surface area contributed by atoms with Crippen LogP contribution in [-0.4, -0.2) is 27.6 Å². The molecule has 4 rings (SSSR count). The van der Waals surface area contributed by atoms with Gasteiger partial charge in [0.15, 0.2) is 5.89 Å². The van der Waals surface area contributed by atoms with Crippen LogP contribution in [0.15, 0.2) is 28.1 Å². The molecule has 2 aromatic rings. The van der Waals surface area contributed by atoms with Crippen molar-refractivity contribution in [2.24, 2.45) is 0 Å². The fourth-order valence-corrected chi connectivity index (χ4v) is 4.41. The highest BCUT2D eigenvalue weighted by Crippen LogP contribution is 2.39. The summed E-state index contributed by atoms with van der Waals surface area (Å²) in [5.41, 5.74) is 0. The highest BCUT2D eigenvalue weighted by Gasteiger charge is 2.30. The minimum Gasteiger partial charge on any atom is -0.444 e. The van der Waals surface area contributed by atoms with E-state index < -0.39 is 0 Å². The van der Waals surface area contributed by atoms with Crippen LogP contribution < -0.4 is 0 Å². The van der Waals surface area contributed by atoms with E-state index in [-0.39, 0.29) is 6.10 Å². The van der Waals surface area contributed by atoms with Gasteiger partial charge in [-0.2, -0.15) is 0 Å². The molecule has 0 spiro atoms. The summed E-state index contributed by atoms with van der Waals surface area (Å²) < 4.78 is 5.96. The van der Waals surface area contributed by atoms with Gasteiger partial charge in [-0.3, -0.25) is 4.90 Å². The summed E-state index contributed by atoms with van der Waals surface area (Å²) in [5, 5.41) is 12.6. The van der Waals surface area contributed by atoms with Gasteiger partial charge in [0, 0.05) is 16.8 Å². The third kappa shape index (κ3) is 3.90. The van der Waals surface area contributed by atoms with E-state index in [1.165, 1.54) is 32.1 Å². The van der Waals surface area contributed by atoms with E-state index in [0.717, 1.165) is 42.5 Å². The van der Waals surface area contributed by atoms with Crippen LogP contribution >= 0.6 is 11.3 Å². The number of hydrogen-bond donors (Lipinski definition) is 1. The maximum absolute atomic E-state index is 10.6. The molecule has 24 heavy (non-hydrogen) atoms. The Kier molecular flexibility index (Phi) is 5.01. The molecule has 0 amide bonds. The number of aliphatic hydroxyl groups excluding tert-OH is 1. The first-order valence-corrected chi connectivity index (χ1v) is 10.1. The van der Waals surface area contributed by atoms with Crippen LogP contribution in [0.5, 0.6) is 0 Å². The van der Waals surface area contributed by atoms with E-state index in [0.29, 0.717) is 12.0 Å². The first-order chi connectivity index (χ1) is 11.8. The van der Waals surface area contributed by atoms with Crippen molar-refractivity contribution in [3.63, 3.8) is 0 Å². The van der Waals surface area contributed by atoms with Crippen LogP contribution in [-0.2, 0) is 6.54 Å². The molecule has 1 saturated heterocycles. The van der Waals surface area contributed by atoms with E-state index in [1.807, 2.05) is 23.7 Å². The second kappa shape index (κ2) is 7.38. The van der Waals surface area contributed by atoms with E-state index >= 15 is 0 Å². The molecular formula is C19H26N2O2S. The lowest BCUT2D eigenvalue weighted by atomic mass is 10.0. The number of aromatic nitrogens is 1. The van der Waals surface area contributed by atoms with Gasteiger partial charge in [0.2, 0.25) is 0 Å². The van der Waals surface area contributed by atoms with Crippen molar-refractivity contribution in [3.8, 4) is 0 Å². The van der Waals surface area contributed by atoms with E-state index in [9.17, 15) is 5.11 Å². The average Bonchev–Trinajstić information content (AvgIpc) is 3.15. The van der Waals surface area contributed by atoms with Gasteiger partial charge in [-0.15, -0.1) is 11.3 Å². The number of aliphatic hydroxyl groups is 1. The zero-order valence-corrected chi connectivity index (χ0v) is 14.9. The summed E-state index contributed by atoms with van der Waals surface area (Å²) >= 11 is 1.65. The van der Waals surface area contributed by atoms with Crippen molar-refractivity contribution in [2.45, 2.75) is 69.6 Å². The maximum Gasteiger partial charge on any atom is 0.197 e. The average molecular weight is 346 g/mol. The number of nitrogens with zero attached hydrogens (tertiary/aromatic N) is 2. The van der Waals surface area contributed by atoms with Gasteiger partial charge in [0.1, 0.15) is 5.76 Å². The highest BCUT2D eigenvalue weighted by atomic mass is 32.1. The molecule has 2 aliphatic rings. The molecular weight excluding hydrogens is 320 g/mol. The molecule has 0 bridgehead atoms. The molecule has 2 atom stereocenters. The Morgan fingerprint density at radius 3 is 3.00 bits per heavy atom. The Bertz CT molecular complexity index is 636. The minimum absolute atomic E-state index is 0.354. The van der Waals surface area contributed by atoms with Gasteiger partial charge >= 0.3 is 0 Å². The molecule has 1 aliphatic carbocycles. The summed E-state index contributed by atoms with van der Waals surface area (Å²) in [7, 11) is 0. The molecule has 0 aromatic carbocycles. The zero-order valence-electron chi connectivity index (χ0n) is 14.1. The summed E-state index contributed by atoms with van der Waals surface area (Å²) in [4.78, 5) is 8.03. The smallest absolute Gasteiger partial charge is 0.197 e. The standard InChI is InChI=1S/C19H26N2O2S/c22-17(18-6-4-10-24-18)11-15-5-2-1-3-9-21(15)13-16-12-20-19(23-16)14-7-8-14/h4,6,10,12,14-15,17,22H,1-3,5,7-9,11,13H2. The fraction of sp³-hybridized carbons (Fsp3) is 0.632. The lowest BCUT2D eigenvalue weighted by Crippen LogP contribution is -2.35. The van der Waals surface area contributed by atoms with E-state index in [1.54, 1.807) is 11.3 Å². The number of rotatable bonds is 6. The highest BCUT2D eigenvalue weighted by molar-refractivity contribution is 7.10. The Labute approximate surface area is 147 Å². The quantitative estimate of drug-likeness (QED) is 0.838. The SMILES string of the molecule is OC(CC1CCCCCN1Cc1cnc(C2CC2)o1)c1cccs1. The second-order valence-electron chi connectivity index (χ2n) is 7.18. The Balaban J connectivity index is 1.42. The molecule has 2 fully saturated rings. The number of hydrogen-bond acceptors (Lipinski definition) is 5. The third-order valence-electron chi connectivity index (χ3n) is 5.22. The predicted octanol–water partition coefficient (Wildman–Crippen LogP) is 4.48. The van der Waals surface area contributed by atoms with Gasteiger partial charge in [-0.05, 0) is 50.1 Å². The number of likely N-dealkylation sites (tertiary alicyclic amines) is 1. The molecule has 0 radical (unpaired) electrons. The van der Waals surface area contributed by atoms with Crippen molar-refractivity contribution in [3.05, 3.63) is 40.2 Å². The molecule has 1 N–H and O–H groups in total. The second-order valence-corrected chi connectivity index (χ2v) is 8.16. The van der Waals surface area contributed by atoms with Crippen LogP contribution in [0.4, 0.5) is 0 Å². The summed E-state index contributed by atoms with van der Waals surface area (Å²) in [6, 6.07) is 4.47.